The van der Waals surface area contributed by atoms with Gasteiger partial charge in [-0.15, -0.1) is 0 Å². The van der Waals surface area contributed by atoms with Crippen LogP contribution >= 0.6 is 11.6 Å². The fourth-order valence-electron chi connectivity index (χ4n) is 4.13. The van der Waals surface area contributed by atoms with Crippen LogP contribution in [0.2, 0.25) is 5.02 Å². The van der Waals surface area contributed by atoms with E-state index in [2.05, 4.69) is 4.98 Å². The normalized spacial score (nSPS) is 15.2. The molecule has 0 radical (unpaired) electrons. The van der Waals surface area contributed by atoms with Crippen molar-refractivity contribution in [3.8, 4) is 11.5 Å². The Balaban J connectivity index is 1.81. The molecule has 4 aromatic rings. The molecule has 1 N–H and O–H groups in total. The zero-order valence-electron chi connectivity index (χ0n) is 17.8. The Labute approximate surface area is 193 Å². The van der Waals surface area contributed by atoms with Gasteiger partial charge in [-0.1, -0.05) is 23.7 Å². The monoisotopic (exact) mass is 462 g/mol. The lowest BCUT2D eigenvalue weighted by molar-refractivity contribution is 0.0970. The number of carbonyl (C=O) groups excluding carboxylic acids is 1. The summed E-state index contributed by atoms with van der Waals surface area (Å²) in [6, 6.07) is 13.9. The number of nitrogens with zero attached hydrogens (tertiary/aromatic N) is 2. The van der Waals surface area contributed by atoms with Crippen molar-refractivity contribution in [2.24, 2.45) is 0 Å². The van der Waals surface area contributed by atoms with E-state index in [-0.39, 0.29) is 39.2 Å². The third kappa shape index (κ3) is 3.41. The molecule has 0 spiro atoms. The molecular formula is C25H19ClN2O5. The largest absolute Gasteiger partial charge is 0.504 e. The van der Waals surface area contributed by atoms with Crippen LogP contribution in [0.1, 0.15) is 40.3 Å². The molecule has 0 saturated carbocycles. The maximum absolute atomic E-state index is 13.6. The molecule has 3 heterocycles. The second-order valence-corrected chi connectivity index (χ2v) is 8.13. The number of ether oxygens (including phenoxy) is 1. The van der Waals surface area contributed by atoms with E-state index in [4.69, 9.17) is 20.8 Å². The van der Waals surface area contributed by atoms with Crippen molar-refractivity contribution in [3.63, 3.8) is 0 Å². The number of aromatic hydroxyl groups is 1. The van der Waals surface area contributed by atoms with Gasteiger partial charge in [-0.05, 0) is 61.9 Å². The molecule has 1 aliphatic rings. The fourth-order valence-corrected chi connectivity index (χ4v) is 4.30. The number of hydrogen-bond donors (Lipinski definition) is 1. The van der Waals surface area contributed by atoms with Crippen molar-refractivity contribution in [1.29, 1.82) is 0 Å². The highest BCUT2D eigenvalue weighted by Crippen LogP contribution is 2.42. The van der Waals surface area contributed by atoms with Gasteiger partial charge < -0.3 is 14.3 Å². The molecule has 166 valence electrons. The Kier molecular flexibility index (Phi) is 5.06. The number of pyridine rings is 1. The molecule has 8 heteroatoms. The van der Waals surface area contributed by atoms with E-state index in [0.29, 0.717) is 28.7 Å². The van der Waals surface area contributed by atoms with Crippen LogP contribution in [0.4, 0.5) is 5.82 Å². The third-order valence-corrected chi connectivity index (χ3v) is 5.79. The molecule has 0 bridgehead atoms. The van der Waals surface area contributed by atoms with Crippen molar-refractivity contribution in [2.45, 2.75) is 19.9 Å². The SMILES string of the molecule is CCOc1cc(C2c3c(oc4ccc(Cl)cc4c3=O)C(=O)N2c2cccc(C)n2)ccc1O. The van der Waals surface area contributed by atoms with Gasteiger partial charge in [0.1, 0.15) is 11.4 Å². The number of aromatic nitrogens is 1. The standard InChI is InChI=1S/C25H19ClN2O5/c1-3-32-19-11-14(7-9-17(19)29)22-21-23(30)16-12-15(26)8-10-18(16)33-24(21)25(31)28(22)20-6-4-5-13(2)27-20/h4-12,22,29H,3H2,1-2H3. The minimum absolute atomic E-state index is 0.0392. The summed E-state index contributed by atoms with van der Waals surface area (Å²) in [4.78, 5) is 33.2. The van der Waals surface area contributed by atoms with E-state index < -0.39 is 11.9 Å². The Bertz CT molecular complexity index is 1480. The van der Waals surface area contributed by atoms with Crippen LogP contribution in [0.3, 0.4) is 0 Å². The molecule has 33 heavy (non-hydrogen) atoms. The molecular weight excluding hydrogens is 444 g/mol. The molecule has 1 unspecified atom stereocenters. The van der Waals surface area contributed by atoms with Crippen LogP contribution in [0.5, 0.6) is 11.5 Å². The Morgan fingerprint density at radius 1 is 1.15 bits per heavy atom. The number of halogens is 1. The quantitative estimate of drug-likeness (QED) is 0.458. The zero-order valence-corrected chi connectivity index (χ0v) is 18.6. The third-order valence-electron chi connectivity index (χ3n) is 5.55. The molecule has 2 aromatic heterocycles. The highest BCUT2D eigenvalue weighted by molar-refractivity contribution is 6.31. The summed E-state index contributed by atoms with van der Waals surface area (Å²) in [6.07, 6.45) is 0. The second-order valence-electron chi connectivity index (χ2n) is 7.69. The topological polar surface area (TPSA) is 92.9 Å². The van der Waals surface area contributed by atoms with Crippen LogP contribution < -0.4 is 15.1 Å². The smallest absolute Gasteiger partial charge is 0.296 e. The van der Waals surface area contributed by atoms with Crippen molar-refractivity contribution < 1.29 is 19.1 Å². The van der Waals surface area contributed by atoms with Crippen LogP contribution in [-0.2, 0) is 0 Å². The number of benzene rings is 2. The van der Waals surface area contributed by atoms with Crippen LogP contribution in [0.25, 0.3) is 11.0 Å². The van der Waals surface area contributed by atoms with Gasteiger partial charge in [0.25, 0.3) is 5.91 Å². The first-order valence-corrected chi connectivity index (χ1v) is 10.8. The molecule has 5 rings (SSSR count). The number of fused-ring (bicyclic) bond motifs is 2. The summed E-state index contributed by atoms with van der Waals surface area (Å²) >= 11 is 6.13. The van der Waals surface area contributed by atoms with E-state index in [1.807, 2.05) is 13.0 Å². The van der Waals surface area contributed by atoms with E-state index in [0.717, 1.165) is 0 Å². The Morgan fingerprint density at radius 3 is 2.73 bits per heavy atom. The van der Waals surface area contributed by atoms with Crippen LogP contribution in [0, 0.1) is 6.92 Å². The predicted molar refractivity (Wildman–Crippen MR) is 124 cm³/mol. The number of hydrogen-bond acceptors (Lipinski definition) is 6. The fraction of sp³-hybridized carbons (Fsp3) is 0.160. The Morgan fingerprint density at radius 2 is 1.97 bits per heavy atom. The minimum Gasteiger partial charge on any atom is -0.504 e. The average Bonchev–Trinajstić information content (AvgIpc) is 3.08. The van der Waals surface area contributed by atoms with E-state index >= 15 is 0 Å². The van der Waals surface area contributed by atoms with Crippen molar-refractivity contribution in [3.05, 3.63) is 92.4 Å². The summed E-state index contributed by atoms with van der Waals surface area (Å²) in [5, 5.41) is 10.9. The van der Waals surface area contributed by atoms with E-state index in [1.165, 1.54) is 17.0 Å². The van der Waals surface area contributed by atoms with E-state index in [1.54, 1.807) is 43.3 Å². The van der Waals surface area contributed by atoms with Gasteiger partial charge in [0, 0.05) is 10.7 Å². The highest BCUT2D eigenvalue weighted by Gasteiger charge is 2.44. The average molecular weight is 463 g/mol. The van der Waals surface area contributed by atoms with Gasteiger partial charge >= 0.3 is 0 Å². The van der Waals surface area contributed by atoms with Crippen molar-refractivity contribution >= 4 is 34.3 Å². The summed E-state index contributed by atoms with van der Waals surface area (Å²) in [5.74, 6) is 0.0650. The number of amides is 1. The van der Waals surface area contributed by atoms with Gasteiger partial charge in [0.05, 0.1) is 23.6 Å². The summed E-state index contributed by atoms with van der Waals surface area (Å²) < 4.78 is 11.5. The van der Waals surface area contributed by atoms with Crippen molar-refractivity contribution in [2.75, 3.05) is 11.5 Å². The van der Waals surface area contributed by atoms with Crippen molar-refractivity contribution in [1.82, 2.24) is 4.98 Å². The molecule has 1 atom stereocenters. The van der Waals surface area contributed by atoms with Gasteiger partial charge in [0.2, 0.25) is 5.76 Å². The Hall–Kier alpha value is -3.84. The van der Waals surface area contributed by atoms with Crippen LogP contribution in [-0.4, -0.2) is 22.6 Å². The highest BCUT2D eigenvalue weighted by atomic mass is 35.5. The first-order chi connectivity index (χ1) is 15.9. The lowest BCUT2D eigenvalue weighted by atomic mass is 9.98. The first-order valence-electron chi connectivity index (χ1n) is 10.4. The number of carbonyl (C=O) groups is 1. The second kappa shape index (κ2) is 7.94. The van der Waals surface area contributed by atoms with Crippen LogP contribution in [0.15, 0.2) is 63.8 Å². The minimum atomic E-state index is -0.832. The molecule has 1 aliphatic heterocycles. The zero-order chi connectivity index (χ0) is 23.3. The molecule has 1 amide bonds. The molecule has 0 saturated heterocycles. The molecule has 0 fully saturated rings. The van der Waals surface area contributed by atoms with Gasteiger partial charge in [0.15, 0.2) is 16.9 Å². The van der Waals surface area contributed by atoms with Gasteiger partial charge in [-0.2, -0.15) is 0 Å². The number of phenols is 1. The maximum atomic E-state index is 13.6. The number of aryl methyl sites for hydroxylation is 1. The molecule has 0 aliphatic carbocycles. The van der Waals surface area contributed by atoms with Gasteiger partial charge in [-0.3, -0.25) is 14.5 Å². The maximum Gasteiger partial charge on any atom is 0.296 e. The van der Waals surface area contributed by atoms with E-state index in [9.17, 15) is 14.7 Å². The lowest BCUT2D eigenvalue weighted by Crippen LogP contribution is -2.30. The molecule has 2 aromatic carbocycles. The van der Waals surface area contributed by atoms with Gasteiger partial charge in [-0.25, -0.2) is 4.98 Å². The number of phenolic OH excluding ortho intramolecular Hbond substituents is 1. The molecule has 7 nitrogen and oxygen atoms in total. The number of rotatable bonds is 4. The lowest BCUT2D eigenvalue weighted by Gasteiger charge is -2.25. The summed E-state index contributed by atoms with van der Waals surface area (Å²) in [6.45, 7) is 3.96. The first kappa shape index (κ1) is 21.0. The summed E-state index contributed by atoms with van der Waals surface area (Å²) in [5.41, 5.74) is 1.39. The predicted octanol–water partition coefficient (Wildman–Crippen LogP) is 5.00. The number of anilines is 1. The summed E-state index contributed by atoms with van der Waals surface area (Å²) in [7, 11) is 0.